The molecule has 0 radical (unpaired) electrons. The van der Waals surface area contributed by atoms with E-state index >= 15 is 0 Å². The van der Waals surface area contributed by atoms with E-state index in [1.54, 1.807) is 6.20 Å². The number of rotatable bonds is 3. The molecular weight excluding hydrogens is 152 g/mol. The Balaban J connectivity index is 3.00. The van der Waals surface area contributed by atoms with Crippen molar-refractivity contribution in [1.29, 1.82) is 0 Å². The Morgan fingerprint density at radius 1 is 1.58 bits per heavy atom. The predicted octanol–water partition coefficient (Wildman–Crippen LogP) is 1.52. The molecule has 0 fully saturated rings. The fourth-order valence-electron chi connectivity index (χ4n) is 1.22. The standard InChI is InChI=1S/C9H16N2O/c1-4-9(3,12)8-6-7-10-11(8)5-2/h6-7,12H,4-5H2,1-3H3. The Bertz CT molecular complexity index is 253. The summed E-state index contributed by atoms with van der Waals surface area (Å²) in [5.41, 5.74) is 0.152. The third kappa shape index (κ3) is 1.50. The third-order valence-electron chi connectivity index (χ3n) is 2.26. The van der Waals surface area contributed by atoms with Gasteiger partial charge in [-0.2, -0.15) is 5.10 Å². The van der Waals surface area contributed by atoms with E-state index in [9.17, 15) is 5.11 Å². The highest BCUT2D eigenvalue weighted by Crippen LogP contribution is 2.23. The van der Waals surface area contributed by atoms with E-state index in [1.165, 1.54) is 0 Å². The lowest BCUT2D eigenvalue weighted by molar-refractivity contribution is 0.0436. The minimum absolute atomic E-state index is 0.707. The van der Waals surface area contributed by atoms with E-state index < -0.39 is 5.60 Å². The molecule has 1 heterocycles. The van der Waals surface area contributed by atoms with E-state index in [4.69, 9.17) is 0 Å². The van der Waals surface area contributed by atoms with E-state index in [2.05, 4.69) is 5.10 Å². The van der Waals surface area contributed by atoms with Gasteiger partial charge in [0, 0.05) is 12.7 Å². The van der Waals surface area contributed by atoms with Crippen LogP contribution in [0.4, 0.5) is 0 Å². The molecule has 3 heteroatoms. The van der Waals surface area contributed by atoms with Gasteiger partial charge in [-0.05, 0) is 26.3 Å². The smallest absolute Gasteiger partial charge is 0.103 e. The summed E-state index contributed by atoms with van der Waals surface area (Å²) in [4.78, 5) is 0. The van der Waals surface area contributed by atoms with Crippen molar-refractivity contribution >= 4 is 0 Å². The largest absolute Gasteiger partial charge is 0.384 e. The van der Waals surface area contributed by atoms with Crippen molar-refractivity contribution in [2.75, 3.05) is 0 Å². The Kier molecular flexibility index (Phi) is 2.52. The molecule has 0 bridgehead atoms. The predicted molar refractivity (Wildman–Crippen MR) is 47.8 cm³/mol. The summed E-state index contributed by atoms with van der Waals surface area (Å²) in [7, 11) is 0. The van der Waals surface area contributed by atoms with Crippen LogP contribution in [0.2, 0.25) is 0 Å². The molecule has 1 N–H and O–H groups in total. The molecule has 0 saturated carbocycles. The summed E-state index contributed by atoms with van der Waals surface area (Å²) in [5.74, 6) is 0. The third-order valence-corrected chi connectivity index (χ3v) is 2.26. The van der Waals surface area contributed by atoms with Crippen molar-refractivity contribution in [1.82, 2.24) is 9.78 Å². The summed E-state index contributed by atoms with van der Waals surface area (Å²) in [6.07, 6.45) is 2.43. The zero-order chi connectivity index (χ0) is 9.19. The first-order chi connectivity index (χ1) is 5.61. The van der Waals surface area contributed by atoms with Crippen molar-refractivity contribution in [2.24, 2.45) is 0 Å². The van der Waals surface area contributed by atoms with Gasteiger partial charge < -0.3 is 5.11 Å². The zero-order valence-corrected chi connectivity index (χ0v) is 7.91. The van der Waals surface area contributed by atoms with Crippen molar-refractivity contribution in [3.63, 3.8) is 0 Å². The Morgan fingerprint density at radius 2 is 2.25 bits per heavy atom. The van der Waals surface area contributed by atoms with Crippen LogP contribution in [0.25, 0.3) is 0 Å². The van der Waals surface area contributed by atoms with Gasteiger partial charge in [0.05, 0.1) is 5.69 Å². The lowest BCUT2D eigenvalue weighted by Crippen LogP contribution is -2.24. The van der Waals surface area contributed by atoms with Gasteiger partial charge in [-0.15, -0.1) is 0 Å². The molecule has 0 amide bonds. The number of aromatic nitrogens is 2. The van der Waals surface area contributed by atoms with Gasteiger partial charge in [-0.25, -0.2) is 0 Å². The molecule has 1 aromatic rings. The summed E-state index contributed by atoms with van der Waals surface area (Å²) in [6, 6.07) is 1.87. The summed E-state index contributed by atoms with van der Waals surface area (Å²) < 4.78 is 1.82. The Morgan fingerprint density at radius 3 is 2.75 bits per heavy atom. The van der Waals surface area contributed by atoms with E-state index in [0.29, 0.717) is 6.42 Å². The maximum Gasteiger partial charge on any atom is 0.103 e. The van der Waals surface area contributed by atoms with E-state index in [1.807, 2.05) is 31.5 Å². The first kappa shape index (κ1) is 9.26. The van der Waals surface area contributed by atoms with Crippen LogP contribution in [0, 0.1) is 0 Å². The second-order valence-electron chi connectivity index (χ2n) is 3.16. The Hall–Kier alpha value is -0.830. The van der Waals surface area contributed by atoms with Crippen molar-refractivity contribution in [3.05, 3.63) is 18.0 Å². The van der Waals surface area contributed by atoms with Crippen LogP contribution in [-0.2, 0) is 12.1 Å². The number of hydrogen-bond donors (Lipinski definition) is 1. The SMILES string of the molecule is CCn1nccc1C(C)(O)CC. The number of aryl methyl sites for hydroxylation is 1. The molecule has 0 aliphatic carbocycles. The maximum atomic E-state index is 9.93. The van der Waals surface area contributed by atoms with E-state index in [-0.39, 0.29) is 0 Å². The molecule has 0 spiro atoms. The average molecular weight is 168 g/mol. The van der Waals surface area contributed by atoms with Crippen LogP contribution < -0.4 is 0 Å². The van der Waals surface area contributed by atoms with Crippen molar-refractivity contribution in [2.45, 2.75) is 39.3 Å². The second-order valence-corrected chi connectivity index (χ2v) is 3.16. The maximum absolute atomic E-state index is 9.93. The summed E-state index contributed by atoms with van der Waals surface area (Å²) >= 11 is 0. The van der Waals surface area contributed by atoms with Crippen molar-refractivity contribution < 1.29 is 5.11 Å². The van der Waals surface area contributed by atoms with Crippen molar-refractivity contribution in [3.8, 4) is 0 Å². The van der Waals surface area contributed by atoms with Gasteiger partial charge >= 0.3 is 0 Å². The fourth-order valence-corrected chi connectivity index (χ4v) is 1.22. The van der Waals surface area contributed by atoms with Crippen LogP contribution in [0.15, 0.2) is 12.3 Å². The molecule has 68 valence electrons. The first-order valence-electron chi connectivity index (χ1n) is 4.36. The van der Waals surface area contributed by atoms with Gasteiger partial charge in [0.2, 0.25) is 0 Å². The van der Waals surface area contributed by atoms with E-state index in [0.717, 1.165) is 12.2 Å². The summed E-state index contributed by atoms with van der Waals surface area (Å²) in [6.45, 7) is 6.60. The Labute approximate surface area is 73.0 Å². The zero-order valence-electron chi connectivity index (χ0n) is 7.91. The second kappa shape index (κ2) is 3.27. The lowest BCUT2D eigenvalue weighted by Gasteiger charge is -2.21. The molecule has 1 rings (SSSR count). The molecule has 12 heavy (non-hydrogen) atoms. The highest BCUT2D eigenvalue weighted by molar-refractivity contribution is 5.09. The molecule has 3 nitrogen and oxygen atoms in total. The average Bonchev–Trinajstić information content (AvgIpc) is 2.52. The molecule has 1 aromatic heterocycles. The molecule has 0 aromatic carbocycles. The van der Waals surface area contributed by atoms with Gasteiger partial charge in [0.15, 0.2) is 0 Å². The normalized spacial score (nSPS) is 16.0. The van der Waals surface area contributed by atoms with Gasteiger partial charge in [0.25, 0.3) is 0 Å². The van der Waals surface area contributed by atoms with Gasteiger partial charge in [0.1, 0.15) is 5.60 Å². The topological polar surface area (TPSA) is 38.0 Å². The molecule has 0 saturated heterocycles. The first-order valence-corrected chi connectivity index (χ1v) is 4.36. The number of aliphatic hydroxyl groups is 1. The number of hydrogen-bond acceptors (Lipinski definition) is 2. The monoisotopic (exact) mass is 168 g/mol. The van der Waals surface area contributed by atoms with Crippen LogP contribution in [-0.4, -0.2) is 14.9 Å². The van der Waals surface area contributed by atoms with Gasteiger partial charge in [-0.1, -0.05) is 6.92 Å². The van der Waals surface area contributed by atoms with Crippen LogP contribution in [0.1, 0.15) is 32.9 Å². The molecule has 0 aliphatic rings. The van der Waals surface area contributed by atoms with Gasteiger partial charge in [-0.3, -0.25) is 4.68 Å². The quantitative estimate of drug-likeness (QED) is 0.743. The minimum atomic E-state index is -0.744. The molecule has 1 unspecified atom stereocenters. The van der Waals surface area contributed by atoms with Crippen LogP contribution >= 0.6 is 0 Å². The van der Waals surface area contributed by atoms with Crippen LogP contribution in [0.5, 0.6) is 0 Å². The van der Waals surface area contributed by atoms with Crippen LogP contribution in [0.3, 0.4) is 0 Å². The molecular formula is C9H16N2O. The highest BCUT2D eigenvalue weighted by atomic mass is 16.3. The fraction of sp³-hybridized carbons (Fsp3) is 0.667. The summed E-state index contributed by atoms with van der Waals surface area (Å²) in [5, 5.41) is 14.0. The highest BCUT2D eigenvalue weighted by Gasteiger charge is 2.23. The molecule has 0 aliphatic heterocycles. The number of nitrogens with zero attached hydrogens (tertiary/aromatic N) is 2. The lowest BCUT2D eigenvalue weighted by atomic mass is 9.99. The molecule has 1 atom stereocenters. The minimum Gasteiger partial charge on any atom is -0.384 e.